The van der Waals surface area contributed by atoms with Crippen LogP contribution >= 0.6 is 0 Å². The number of amides is 1. The average molecular weight is 532 g/mol. The van der Waals surface area contributed by atoms with Crippen molar-refractivity contribution in [3.8, 4) is 0 Å². The van der Waals surface area contributed by atoms with E-state index in [0.717, 1.165) is 50.5 Å². The number of Topliss-reactive ketones (excluding diaryl/α,β-unsaturated/α-hetero) is 1. The molecule has 1 aromatic rings. The van der Waals surface area contributed by atoms with Gasteiger partial charge in [-0.15, -0.1) is 0 Å². The fourth-order valence-corrected chi connectivity index (χ4v) is 9.85. The summed E-state index contributed by atoms with van der Waals surface area (Å²) in [5.41, 5.74) is 3.77. The smallest absolute Gasteiger partial charge is 0.254 e. The number of carbonyl (C=O) groups is 3. The molecule has 0 N–H and O–H groups in total. The van der Waals surface area contributed by atoms with Crippen LogP contribution in [0, 0.1) is 34.5 Å². The van der Waals surface area contributed by atoms with Crippen LogP contribution in [-0.4, -0.2) is 48.7 Å². The van der Waals surface area contributed by atoms with Crippen molar-refractivity contribution in [2.45, 2.75) is 84.5 Å². The van der Waals surface area contributed by atoms with Crippen LogP contribution in [0.5, 0.6) is 0 Å². The Morgan fingerprint density at radius 2 is 1.74 bits per heavy atom. The standard InChI is InChI=1S/C34H45NO4/c1-23(36)29-11-12-31-28-10-9-26-22-27(37)13-16-33(26,2)30(28)14-17-34(29,31)15-3-4-24-5-7-25(8-6-24)32(38)35-18-20-39-21-19-35/h5-8,22,28-31H,3-4,9-21H2,1-2H3/t28-,29-,30-,31+,33-,34-/m1/s1. The number of aryl methyl sites for hydroxylation is 1. The molecule has 0 radical (unpaired) electrons. The van der Waals surface area contributed by atoms with Gasteiger partial charge in [0, 0.05) is 31.0 Å². The Morgan fingerprint density at radius 1 is 0.974 bits per heavy atom. The van der Waals surface area contributed by atoms with Crippen LogP contribution in [0.15, 0.2) is 35.9 Å². The number of carbonyl (C=O) groups excluding carboxylic acids is 3. The third-order valence-corrected chi connectivity index (χ3v) is 11.8. The van der Waals surface area contributed by atoms with Crippen molar-refractivity contribution in [3.63, 3.8) is 0 Å². The minimum atomic E-state index is 0.0973. The molecule has 3 saturated carbocycles. The fourth-order valence-electron chi connectivity index (χ4n) is 9.85. The van der Waals surface area contributed by atoms with Crippen LogP contribution < -0.4 is 0 Å². The molecule has 5 aliphatic rings. The number of hydrogen-bond donors (Lipinski definition) is 0. The number of ketones is 2. The van der Waals surface area contributed by atoms with Gasteiger partial charge in [-0.3, -0.25) is 14.4 Å². The number of benzene rings is 1. The third kappa shape index (κ3) is 4.73. The minimum Gasteiger partial charge on any atom is -0.378 e. The Morgan fingerprint density at radius 3 is 2.49 bits per heavy atom. The highest BCUT2D eigenvalue weighted by atomic mass is 16.5. The van der Waals surface area contributed by atoms with Gasteiger partial charge >= 0.3 is 0 Å². The Hall–Kier alpha value is -2.27. The predicted molar refractivity (Wildman–Crippen MR) is 151 cm³/mol. The predicted octanol–water partition coefficient (Wildman–Crippen LogP) is 6.20. The van der Waals surface area contributed by atoms with Crippen LogP contribution in [0.1, 0.15) is 94.0 Å². The van der Waals surface area contributed by atoms with Gasteiger partial charge < -0.3 is 9.64 Å². The van der Waals surface area contributed by atoms with E-state index in [2.05, 4.69) is 19.1 Å². The minimum absolute atomic E-state index is 0.0973. The van der Waals surface area contributed by atoms with Gasteiger partial charge in [0.2, 0.25) is 0 Å². The molecule has 1 saturated heterocycles. The van der Waals surface area contributed by atoms with Gasteiger partial charge in [0.15, 0.2) is 5.78 Å². The van der Waals surface area contributed by atoms with E-state index in [0.29, 0.717) is 62.0 Å². The summed E-state index contributed by atoms with van der Waals surface area (Å²) >= 11 is 0. The number of morpholine rings is 1. The van der Waals surface area contributed by atoms with Gasteiger partial charge in [0.25, 0.3) is 5.91 Å². The molecule has 1 heterocycles. The zero-order valence-corrected chi connectivity index (χ0v) is 23.9. The lowest BCUT2D eigenvalue weighted by Crippen LogP contribution is -2.52. The molecule has 5 nitrogen and oxygen atoms in total. The lowest BCUT2D eigenvalue weighted by atomic mass is 9.45. The summed E-state index contributed by atoms with van der Waals surface area (Å²) in [4.78, 5) is 39.9. The molecule has 1 amide bonds. The van der Waals surface area contributed by atoms with E-state index in [-0.39, 0.29) is 22.7 Å². The molecule has 5 heteroatoms. The Bertz CT molecular complexity index is 1150. The molecular weight excluding hydrogens is 486 g/mol. The molecule has 39 heavy (non-hydrogen) atoms. The number of rotatable bonds is 6. The first-order valence-corrected chi connectivity index (χ1v) is 15.5. The Labute approximate surface area is 233 Å². The van der Waals surface area contributed by atoms with E-state index in [1.807, 2.05) is 30.0 Å². The summed E-state index contributed by atoms with van der Waals surface area (Å²) in [5.74, 6) is 2.99. The highest BCUT2D eigenvalue weighted by Gasteiger charge is 2.61. The first-order valence-electron chi connectivity index (χ1n) is 15.5. The summed E-state index contributed by atoms with van der Waals surface area (Å²) in [5, 5.41) is 0. The van der Waals surface area contributed by atoms with Crippen LogP contribution in [0.25, 0.3) is 0 Å². The van der Waals surface area contributed by atoms with E-state index in [1.165, 1.54) is 30.4 Å². The second-order valence-electron chi connectivity index (χ2n) is 13.4. The van der Waals surface area contributed by atoms with Crippen LogP contribution in [0.2, 0.25) is 0 Å². The van der Waals surface area contributed by atoms with Crippen molar-refractivity contribution in [2.75, 3.05) is 26.3 Å². The maximum absolute atomic E-state index is 13.0. The van der Waals surface area contributed by atoms with Crippen molar-refractivity contribution in [3.05, 3.63) is 47.0 Å². The van der Waals surface area contributed by atoms with Gasteiger partial charge in [-0.05, 0) is 123 Å². The second kappa shape index (κ2) is 10.6. The van der Waals surface area contributed by atoms with E-state index in [9.17, 15) is 14.4 Å². The summed E-state index contributed by atoms with van der Waals surface area (Å²) in [7, 11) is 0. The van der Waals surface area contributed by atoms with Gasteiger partial charge in [0.05, 0.1) is 13.2 Å². The molecule has 1 aromatic carbocycles. The molecule has 0 spiro atoms. The summed E-state index contributed by atoms with van der Waals surface area (Å²) in [6.45, 7) is 6.84. The number of nitrogens with zero attached hydrogens (tertiary/aromatic N) is 1. The molecule has 6 rings (SSSR count). The first-order chi connectivity index (χ1) is 18.8. The monoisotopic (exact) mass is 531 g/mol. The molecule has 210 valence electrons. The van der Waals surface area contributed by atoms with Crippen molar-refractivity contribution >= 4 is 17.5 Å². The van der Waals surface area contributed by atoms with Crippen molar-refractivity contribution in [1.82, 2.24) is 4.90 Å². The Kier molecular flexibility index (Phi) is 7.33. The zero-order chi connectivity index (χ0) is 27.2. The van der Waals surface area contributed by atoms with Gasteiger partial charge in [-0.25, -0.2) is 0 Å². The zero-order valence-electron chi connectivity index (χ0n) is 23.9. The lowest BCUT2D eigenvalue weighted by Gasteiger charge is -2.59. The molecular formula is C34H45NO4. The number of hydrogen-bond acceptors (Lipinski definition) is 4. The summed E-state index contributed by atoms with van der Waals surface area (Å²) in [6.07, 6.45) is 13.8. The maximum Gasteiger partial charge on any atom is 0.254 e. The van der Waals surface area contributed by atoms with Crippen LogP contribution in [-0.2, 0) is 20.7 Å². The molecule has 6 atom stereocenters. The van der Waals surface area contributed by atoms with Gasteiger partial charge in [-0.1, -0.05) is 24.6 Å². The summed E-state index contributed by atoms with van der Waals surface area (Å²) < 4.78 is 5.38. The molecule has 4 fully saturated rings. The van der Waals surface area contributed by atoms with E-state index < -0.39 is 0 Å². The van der Waals surface area contributed by atoms with E-state index >= 15 is 0 Å². The first kappa shape index (κ1) is 26.9. The van der Waals surface area contributed by atoms with E-state index in [1.54, 1.807) is 0 Å². The molecule has 4 aliphatic carbocycles. The van der Waals surface area contributed by atoms with Gasteiger partial charge in [0.1, 0.15) is 5.78 Å². The molecule has 1 aliphatic heterocycles. The highest BCUT2D eigenvalue weighted by Crippen LogP contribution is 2.68. The fraction of sp³-hybridized carbons (Fsp3) is 0.676. The maximum atomic E-state index is 13.0. The number of fused-ring (bicyclic) bond motifs is 5. The lowest BCUT2D eigenvalue weighted by molar-refractivity contribution is -0.130. The third-order valence-electron chi connectivity index (χ3n) is 11.8. The normalized spacial score (nSPS) is 36.0. The topological polar surface area (TPSA) is 63.7 Å². The van der Waals surface area contributed by atoms with Crippen LogP contribution in [0.3, 0.4) is 0 Å². The average Bonchev–Trinajstić information content (AvgIpc) is 3.34. The number of allylic oxidation sites excluding steroid dienone is 1. The molecule has 0 bridgehead atoms. The quantitative estimate of drug-likeness (QED) is 0.439. The van der Waals surface area contributed by atoms with Crippen molar-refractivity contribution < 1.29 is 19.1 Å². The van der Waals surface area contributed by atoms with E-state index in [4.69, 9.17) is 4.74 Å². The van der Waals surface area contributed by atoms with Crippen LogP contribution in [0.4, 0.5) is 0 Å². The van der Waals surface area contributed by atoms with Crippen molar-refractivity contribution in [2.24, 2.45) is 34.5 Å². The largest absolute Gasteiger partial charge is 0.378 e. The molecule has 0 aromatic heterocycles. The second-order valence-corrected chi connectivity index (χ2v) is 13.4. The molecule has 0 unspecified atom stereocenters. The SMILES string of the molecule is CC(=O)[C@H]1CC[C@H]2[C@@H]3CCC4=CC(=O)CC[C@@]4(C)[C@@H]3CC[C@]12CCCc1ccc(C(=O)N2CCOCC2)cc1. The van der Waals surface area contributed by atoms with Gasteiger partial charge in [-0.2, -0.15) is 0 Å². The Balaban J connectivity index is 1.15. The summed E-state index contributed by atoms with van der Waals surface area (Å²) in [6, 6.07) is 8.21. The van der Waals surface area contributed by atoms with Crippen molar-refractivity contribution in [1.29, 1.82) is 0 Å². The number of ether oxygens (including phenoxy) is 1. The highest BCUT2D eigenvalue weighted by molar-refractivity contribution is 5.94.